The lowest BCUT2D eigenvalue weighted by Gasteiger charge is -2.12. The van der Waals surface area contributed by atoms with Crippen LogP contribution in [0.5, 0.6) is 0 Å². The second kappa shape index (κ2) is 6.63. The van der Waals surface area contributed by atoms with Crippen molar-refractivity contribution in [3.8, 4) is 0 Å². The predicted molar refractivity (Wildman–Crippen MR) is 67.7 cm³/mol. The monoisotopic (exact) mass is 258 g/mol. The van der Waals surface area contributed by atoms with Crippen molar-refractivity contribution in [1.29, 1.82) is 0 Å². The zero-order valence-electron chi connectivity index (χ0n) is 10.3. The van der Waals surface area contributed by atoms with Crippen LogP contribution in [0.25, 0.3) is 0 Å². The van der Waals surface area contributed by atoms with E-state index in [-0.39, 0.29) is 4.99 Å². The maximum Gasteiger partial charge on any atom is 0.145 e. The van der Waals surface area contributed by atoms with Gasteiger partial charge in [-0.25, -0.2) is 4.68 Å². The summed E-state index contributed by atoms with van der Waals surface area (Å²) >= 11 is 4.92. The summed E-state index contributed by atoms with van der Waals surface area (Å²) in [5, 5.41) is 8.02. The van der Waals surface area contributed by atoms with Crippen LogP contribution in [0.15, 0.2) is 0 Å². The number of thiocarbonyl (C=S) groups is 1. The van der Waals surface area contributed by atoms with Gasteiger partial charge >= 0.3 is 0 Å². The zero-order chi connectivity index (χ0) is 12.8. The molecule has 2 N–H and O–H groups in total. The van der Waals surface area contributed by atoms with Gasteiger partial charge in [-0.1, -0.05) is 24.4 Å². The lowest BCUT2D eigenvalue weighted by molar-refractivity contribution is 0.143. The first kappa shape index (κ1) is 14.0. The van der Waals surface area contributed by atoms with Crippen LogP contribution < -0.4 is 5.73 Å². The van der Waals surface area contributed by atoms with Crippen molar-refractivity contribution in [1.82, 2.24) is 15.0 Å². The smallest absolute Gasteiger partial charge is 0.145 e. The SMILES string of the molecule is COCc1c(C(N)=S)nnn1CC(C)COC. The van der Waals surface area contributed by atoms with E-state index in [1.54, 1.807) is 18.9 Å². The summed E-state index contributed by atoms with van der Waals surface area (Å²) in [5.74, 6) is 0.330. The molecular weight excluding hydrogens is 240 g/mol. The van der Waals surface area contributed by atoms with Crippen LogP contribution in [0.1, 0.15) is 18.3 Å². The van der Waals surface area contributed by atoms with Gasteiger partial charge in [-0.05, 0) is 5.92 Å². The molecule has 0 spiro atoms. The maximum absolute atomic E-state index is 5.58. The number of ether oxygens (including phenoxy) is 2. The highest BCUT2D eigenvalue weighted by Gasteiger charge is 2.16. The van der Waals surface area contributed by atoms with E-state index in [0.29, 0.717) is 31.4 Å². The van der Waals surface area contributed by atoms with Gasteiger partial charge in [0.05, 0.1) is 18.9 Å². The number of methoxy groups -OCH3 is 2. The molecule has 0 aliphatic heterocycles. The molecule has 0 fully saturated rings. The number of nitrogens with zero attached hydrogens (tertiary/aromatic N) is 3. The van der Waals surface area contributed by atoms with Crippen LogP contribution in [0, 0.1) is 5.92 Å². The van der Waals surface area contributed by atoms with Crippen LogP contribution in [0.4, 0.5) is 0 Å². The van der Waals surface area contributed by atoms with Gasteiger partial charge in [0.25, 0.3) is 0 Å². The number of rotatable bonds is 7. The van der Waals surface area contributed by atoms with Crippen LogP contribution in [-0.2, 0) is 22.6 Å². The molecule has 6 nitrogen and oxygen atoms in total. The fourth-order valence-electron chi connectivity index (χ4n) is 1.58. The summed E-state index contributed by atoms with van der Waals surface area (Å²) < 4.78 is 12.0. The minimum atomic E-state index is 0.239. The number of nitrogens with two attached hydrogens (primary N) is 1. The first-order valence-electron chi connectivity index (χ1n) is 5.30. The van der Waals surface area contributed by atoms with Gasteiger partial charge in [-0.15, -0.1) is 5.10 Å². The average Bonchev–Trinajstić information content (AvgIpc) is 2.63. The van der Waals surface area contributed by atoms with E-state index >= 15 is 0 Å². The Kier molecular flexibility index (Phi) is 5.46. The highest BCUT2D eigenvalue weighted by atomic mass is 32.1. The number of hydrogen-bond donors (Lipinski definition) is 1. The summed E-state index contributed by atoms with van der Waals surface area (Å²) in [4.78, 5) is 0.239. The molecule has 0 aromatic carbocycles. The van der Waals surface area contributed by atoms with Gasteiger partial charge in [0.2, 0.25) is 0 Å². The van der Waals surface area contributed by atoms with E-state index in [2.05, 4.69) is 17.2 Å². The minimum absolute atomic E-state index is 0.239. The molecule has 0 saturated heterocycles. The van der Waals surface area contributed by atoms with Crippen molar-refractivity contribution in [2.45, 2.75) is 20.1 Å². The van der Waals surface area contributed by atoms with Gasteiger partial charge in [0.15, 0.2) is 0 Å². The van der Waals surface area contributed by atoms with Crippen molar-refractivity contribution < 1.29 is 9.47 Å². The zero-order valence-corrected chi connectivity index (χ0v) is 11.2. The van der Waals surface area contributed by atoms with Crippen molar-refractivity contribution in [2.24, 2.45) is 11.7 Å². The fraction of sp³-hybridized carbons (Fsp3) is 0.700. The molecule has 1 aromatic heterocycles. The standard InChI is InChI=1S/C10H18N4O2S/c1-7(5-15-2)4-14-8(6-16-3)9(10(11)17)12-13-14/h7H,4-6H2,1-3H3,(H2,11,17). The first-order chi connectivity index (χ1) is 8.10. The van der Waals surface area contributed by atoms with Gasteiger partial charge in [-0.3, -0.25) is 0 Å². The van der Waals surface area contributed by atoms with Gasteiger partial charge in [0.1, 0.15) is 10.7 Å². The molecule has 0 bridgehead atoms. The van der Waals surface area contributed by atoms with Gasteiger partial charge < -0.3 is 15.2 Å². The summed E-state index contributed by atoms with van der Waals surface area (Å²) in [6.45, 7) is 3.82. The van der Waals surface area contributed by atoms with Gasteiger partial charge in [-0.2, -0.15) is 0 Å². The van der Waals surface area contributed by atoms with E-state index in [1.807, 2.05) is 0 Å². The van der Waals surface area contributed by atoms with E-state index in [1.165, 1.54) is 0 Å². The minimum Gasteiger partial charge on any atom is -0.388 e. The molecular formula is C10H18N4O2S. The lowest BCUT2D eigenvalue weighted by atomic mass is 10.2. The Labute approximate surface area is 106 Å². The number of hydrogen-bond acceptors (Lipinski definition) is 5. The van der Waals surface area contributed by atoms with Crippen LogP contribution in [0.2, 0.25) is 0 Å². The summed E-state index contributed by atoms with van der Waals surface area (Å²) in [7, 11) is 3.29. The highest BCUT2D eigenvalue weighted by molar-refractivity contribution is 7.80. The third kappa shape index (κ3) is 3.72. The van der Waals surface area contributed by atoms with Crippen molar-refractivity contribution >= 4 is 17.2 Å². The average molecular weight is 258 g/mol. The first-order valence-corrected chi connectivity index (χ1v) is 5.71. The van der Waals surface area contributed by atoms with Gasteiger partial charge in [0, 0.05) is 20.8 Å². The van der Waals surface area contributed by atoms with Crippen molar-refractivity contribution in [2.75, 3.05) is 20.8 Å². The Balaban J connectivity index is 2.87. The molecule has 7 heteroatoms. The van der Waals surface area contributed by atoms with Crippen LogP contribution in [0.3, 0.4) is 0 Å². The third-order valence-corrected chi connectivity index (χ3v) is 2.48. The molecule has 17 heavy (non-hydrogen) atoms. The molecule has 0 amide bonds. The van der Waals surface area contributed by atoms with E-state index in [9.17, 15) is 0 Å². The Hall–Kier alpha value is -1.05. The molecule has 1 aromatic rings. The molecule has 1 heterocycles. The second-order valence-electron chi connectivity index (χ2n) is 3.92. The molecule has 0 aliphatic rings. The Morgan fingerprint density at radius 2 is 2.18 bits per heavy atom. The van der Waals surface area contributed by atoms with E-state index < -0.39 is 0 Å². The van der Waals surface area contributed by atoms with Crippen molar-refractivity contribution in [3.63, 3.8) is 0 Å². The Morgan fingerprint density at radius 3 is 2.71 bits per heavy atom. The second-order valence-corrected chi connectivity index (χ2v) is 4.36. The van der Waals surface area contributed by atoms with E-state index in [0.717, 1.165) is 5.69 Å². The van der Waals surface area contributed by atoms with Crippen LogP contribution >= 0.6 is 12.2 Å². The maximum atomic E-state index is 5.58. The molecule has 0 saturated carbocycles. The largest absolute Gasteiger partial charge is 0.388 e. The fourth-order valence-corrected chi connectivity index (χ4v) is 1.74. The molecule has 0 aliphatic carbocycles. The molecule has 1 unspecified atom stereocenters. The topological polar surface area (TPSA) is 75.2 Å². The van der Waals surface area contributed by atoms with Crippen molar-refractivity contribution in [3.05, 3.63) is 11.4 Å². The molecule has 1 rings (SSSR count). The highest BCUT2D eigenvalue weighted by Crippen LogP contribution is 2.10. The third-order valence-electron chi connectivity index (χ3n) is 2.29. The molecule has 0 radical (unpaired) electrons. The normalized spacial score (nSPS) is 12.6. The quantitative estimate of drug-likeness (QED) is 0.711. The summed E-state index contributed by atoms with van der Waals surface area (Å²) in [6.07, 6.45) is 0. The summed E-state index contributed by atoms with van der Waals surface area (Å²) in [6, 6.07) is 0. The Morgan fingerprint density at radius 1 is 1.47 bits per heavy atom. The van der Waals surface area contributed by atoms with Crippen LogP contribution in [-0.4, -0.2) is 40.8 Å². The predicted octanol–water partition coefficient (Wildman–Crippen LogP) is 0.341. The van der Waals surface area contributed by atoms with E-state index in [4.69, 9.17) is 27.4 Å². The molecule has 1 atom stereocenters. The lowest BCUT2D eigenvalue weighted by Crippen LogP contribution is -2.18. The number of aromatic nitrogens is 3. The summed E-state index contributed by atoms with van der Waals surface area (Å²) in [5.41, 5.74) is 6.93. The molecule has 96 valence electrons. The Bertz CT molecular complexity index is 380.